The van der Waals surface area contributed by atoms with Crippen molar-refractivity contribution in [2.75, 3.05) is 13.2 Å². The standard InChI is InChI=1S/C11H13ClO2/c1-7-4-11(8(2)3-10(7)12)14-6-9-5-13-9/h3-4,9H,5-6H2,1-2H3. The van der Waals surface area contributed by atoms with Gasteiger partial charge in [-0.1, -0.05) is 11.6 Å². The fourth-order valence-electron chi connectivity index (χ4n) is 1.26. The lowest BCUT2D eigenvalue weighted by molar-refractivity contribution is 0.261. The molecule has 1 aromatic rings. The van der Waals surface area contributed by atoms with Crippen molar-refractivity contribution in [3.63, 3.8) is 0 Å². The van der Waals surface area contributed by atoms with Gasteiger partial charge in [-0.05, 0) is 37.1 Å². The van der Waals surface area contributed by atoms with Gasteiger partial charge >= 0.3 is 0 Å². The van der Waals surface area contributed by atoms with Gasteiger partial charge in [0.05, 0.1) is 6.61 Å². The molecule has 0 spiro atoms. The highest BCUT2D eigenvalue weighted by Gasteiger charge is 2.23. The molecule has 0 radical (unpaired) electrons. The normalized spacial score (nSPS) is 19.5. The highest BCUT2D eigenvalue weighted by atomic mass is 35.5. The Labute approximate surface area is 88.8 Å². The molecule has 1 aromatic carbocycles. The summed E-state index contributed by atoms with van der Waals surface area (Å²) in [5, 5.41) is 0.789. The number of hydrogen-bond acceptors (Lipinski definition) is 2. The highest BCUT2D eigenvalue weighted by molar-refractivity contribution is 6.31. The minimum Gasteiger partial charge on any atom is -0.491 e. The van der Waals surface area contributed by atoms with Crippen LogP contribution in [0.1, 0.15) is 11.1 Å². The van der Waals surface area contributed by atoms with Gasteiger partial charge < -0.3 is 9.47 Å². The number of aryl methyl sites for hydroxylation is 2. The van der Waals surface area contributed by atoms with Crippen molar-refractivity contribution in [1.82, 2.24) is 0 Å². The number of ether oxygens (including phenoxy) is 2. The molecule has 1 atom stereocenters. The zero-order chi connectivity index (χ0) is 10.1. The van der Waals surface area contributed by atoms with E-state index < -0.39 is 0 Å². The summed E-state index contributed by atoms with van der Waals surface area (Å²) in [7, 11) is 0. The Morgan fingerprint density at radius 3 is 2.79 bits per heavy atom. The Hall–Kier alpha value is -0.730. The molecule has 14 heavy (non-hydrogen) atoms. The van der Waals surface area contributed by atoms with E-state index in [1.54, 1.807) is 0 Å². The van der Waals surface area contributed by atoms with Gasteiger partial charge in [-0.3, -0.25) is 0 Å². The number of epoxide rings is 1. The summed E-state index contributed by atoms with van der Waals surface area (Å²) in [6, 6.07) is 3.90. The highest BCUT2D eigenvalue weighted by Crippen LogP contribution is 2.26. The molecular weight excluding hydrogens is 200 g/mol. The van der Waals surface area contributed by atoms with Crippen LogP contribution in [0.4, 0.5) is 0 Å². The molecule has 1 unspecified atom stereocenters. The first-order chi connectivity index (χ1) is 6.66. The van der Waals surface area contributed by atoms with Crippen molar-refractivity contribution in [3.05, 3.63) is 28.3 Å². The summed E-state index contributed by atoms with van der Waals surface area (Å²) in [6.45, 7) is 5.43. The molecule has 76 valence electrons. The van der Waals surface area contributed by atoms with Crippen LogP contribution in [-0.4, -0.2) is 19.3 Å². The molecule has 0 saturated carbocycles. The van der Waals surface area contributed by atoms with Crippen LogP contribution in [0.5, 0.6) is 5.75 Å². The van der Waals surface area contributed by atoms with Crippen molar-refractivity contribution in [3.8, 4) is 5.75 Å². The second-order valence-corrected chi connectivity index (χ2v) is 4.04. The monoisotopic (exact) mass is 212 g/mol. The predicted octanol–water partition coefficient (Wildman–Crippen LogP) is 2.73. The van der Waals surface area contributed by atoms with E-state index in [2.05, 4.69) is 0 Å². The first kappa shape index (κ1) is 9.81. The van der Waals surface area contributed by atoms with E-state index in [1.807, 2.05) is 26.0 Å². The van der Waals surface area contributed by atoms with Crippen LogP contribution in [0.25, 0.3) is 0 Å². The Bertz CT molecular complexity index is 345. The lowest BCUT2D eigenvalue weighted by atomic mass is 10.1. The minimum atomic E-state index is 0.297. The molecule has 0 aromatic heterocycles. The zero-order valence-electron chi connectivity index (χ0n) is 8.34. The molecule has 0 amide bonds. The maximum atomic E-state index is 5.98. The summed E-state index contributed by atoms with van der Waals surface area (Å²) in [5.41, 5.74) is 2.12. The van der Waals surface area contributed by atoms with Gasteiger partial charge in [-0.25, -0.2) is 0 Å². The van der Waals surface area contributed by atoms with Gasteiger partial charge in [0.1, 0.15) is 18.5 Å². The number of rotatable bonds is 3. The van der Waals surface area contributed by atoms with Crippen LogP contribution in [-0.2, 0) is 4.74 Å². The van der Waals surface area contributed by atoms with E-state index in [9.17, 15) is 0 Å². The van der Waals surface area contributed by atoms with E-state index >= 15 is 0 Å². The van der Waals surface area contributed by atoms with Crippen LogP contribution in [0.15, 0.2) is 12.1 Å². The maximum Gasteiger partial charge on any atom is 0.122 e. The minimum absolute atomic E-state index is 0.297. The van der Waals surface area contributed by atoms with Crippen molar-refractivity contribution in [2.24, 2.45) is 0 Å². The third kappa shape index (κ3) is 2.20. The quantitative estimate of drug-likeness (QED) is 0.719. The Balaban J connectivity index is 2.10. The van der Waals surface area contributed by atoms with E-state index in [0.29, 0.717) is 12.7 Å². The smallest absolute Gasteiger partial charge is 0.122 e. The van der Waals surface area contributed by atoms with E-state index in [0.717, 1.165) is 28.5 Å². The van der Waals surface area contributed by atoms with Gasteiger partial charge in [0.2, 0.25) is 0 Å². The molecule has 1 saturated heterocycles. The summed E-state index contributed by atoms with van der Waals surface area (Å²) < 4.78 is 10.7. The maximum absolute atomic E-state index is 5.98. The molecule has 0 aliphatic carbocycles. The molecule has 1 fully saturated rings. The topological polar surface area (TPSA) is 21.8 Å². The fraction of sp³-hybridized carbons (Fsp3) is 0.455. The van der Waals surface area contributed by atoms with Gasteiger partial charge in [-0.15, -0.1) is 0 Å². The average Bonchev–Trinajstić information content (AvgIpc) is 2.92. The fourth-order valence-corrected chi connectivity index (χ4v) is 1.48. The first-order valence-electron chi connectivity index (χ1n) is 4.68. The molecule has 1 aliphatic heterocycles. The van der Waals surface area contributed by atoms with Crippen molar-refractivity contribution < 1.29 is 9.47 Å². The van der Waals surface area contributed by atoms with Crippen LogP contribution in [0, 0.1) is 13.8 Å². The second kappa shape index (κ2) is 3.79. The van der Waals surface area contributed by atoms with Gasteiger partial charge in [-0.2, -0.15) is 0 Å². The summed E-state index contributed by atoms with van der Waals surface area (Å²) in [5.74, 6) is 0.905. The van der Waals surface area contributed by atoms with Crippen LogP contribution < -0.4 is 4.74 Å². The molecule has 2 nitrogen and oxygen atoms in total. The van der Waals surface area contributed by atoms with E-state index in [1.165, 1.54) is 0 Å². The van der Waals surface area contributed by atoms with Gasteiger partial charge in [0.15, 0.2) is 0 Å². The average molecular weight is 213 g/mol. The summed E-state index contributed by atoms with van der Waals surface area (Å²) in [4.78, 5) is 0. The largest absolute Gasteiger partial charge is 0.491 e. The Kier molecular flexibility index (Phi) is 2.66. The molecule has 0 bridgehead atoms. The Morgan fingerprint density at radius 2 is 2.14 bits per heavy atom. The van der Waals surface area contributed by atoms with Crippen molar-refractivity contribution >= 4 is 11.6 Å². The SMILES string of the molecule is Cc1cc(OCC2CO2)c(C)cc1Cl. The zero-order valence-corrected chi connectivity index (χ0v) is 9.10. The molecule has 2 rings (SSSR count). The Morgan fingerprint density at radius 1 is 1.43 bits per heavy atom. The third-order valence-corrected chi connectivity index (χ3v) is 2.69. The molecule has 1 heterocycles. The van der Waals surface area contributed by atoms with Crippen molar-refractivity contribution in [1.29, 1.82) is 0 Å². The second-order valence-electron chi connectivity index (χ2n) is 3.63. The predicted molar refractivity (Wildman–Crippen MR) is 56.2 cm³/mol. The molecule has 0 N–H and O–H groups in total. The number of hydrogen-bond donors (Lipinski definition) is 0. The van der Waals surface area contributed by atoms with Crippen molar-refractivity contribution in [2.45, 2.75) is 20.0 Å². The van der Waals surface area contributed by atoms with Crippen LogP contribution in [0.3, 0.4) is 0 Å². The molecule has 1 aliphatic rings. The summed E-state index contributed by atoms with van der Waals surface area (Å²) >= 11 is 5.98. The first-order valence-corrected chi connectivity index (χ1v) is 5.06. The molecular formula is C11H13ClO2. The third-order valence-electron chi connectivity index (χ3n) is 2.28. The number of benzene rings is 1. The van der Waals surface area contributed by atoms with Crippen LogP contribution in [0.2, 0.25) is 5.02 Å². The van der Waals surface area contributed by atoms with E-state index in [4.69, 9.17) is 21.1 Å². The number of halogens is 1. The summed E-state index contributed by atoms with van der Waals surface area (Å²) in [6.07, 6.45) is 0.297. The lowest BCUT2D eigenvalue weighted by Crippen LogP contribution is -2.05. The van der Waals surface area contributed by atoms with Gasteiger partial charge in [0, 0.05) is 5.02 Å². The lowest BCUT2D eigenvalue weighted by Gasteiger charge is -2.09. The molecule has 3 heteroatoms. The van der Waals surface area contributed by atoms with E-state index in [-0.39, 0.29) is 0 Å². The van der Waals surface area contributed by atoms with Gasteiger partial charge in [0.25, 0.3) is 0 Å². The van der Waals surface area contributed by atoms with Crippen LogP contribution >= 0.6 is 11.6 Å².